The van der Waals surface area contributed by atoms with Gasteiger partial charge < -0.3 is 15.1 Å². The number of benzene rings is 3. The highest BCUT2D eigenvalue weighted by atomic mass is 16.2. The molecule has 8 nitrogen and oxygen atoms in total. The first kappa shape index (κ1) is 23.0. The Morgan fingerprint density at radius 3 is 2.32 bits per heavy atom. The second kappa shape index (κ2) is 8.89. The Balaban J connectivity index is 1.30. The average molecular weight is 495 g/mol. The number of likely N-dealkylation sites (N-methyl/N-ethyl adjacent to an activating group) is 1. The Labute approximate surface area is 214 Å². The van der Waals surface area contributed by atoms with E-state index in [1.165, 1.54) is 0 Å². The summed E-state index contributed by atoms with van der Waals surface area (Å²) in [5.41, 5.74) is 4.38. The van der Waals surface area contributed by atoms with Crippen LogP contribution in [0, 0.1) is 0 Å². The largest absolute Gasteiger partial charge is 0.357 e. The van der Waals surface area contributed by atoms with E-state index in [0.717, 1.165) is 16.7 Å². The van der Waals surface area contributed by atoms with Crippen molar-refractivity contribution in [1.82, 2.24) is 15.1 Å². The molecule has 186 valence electrons. The van der Waals surface area contributed by atoms with Gasteiger partial charge in [0.05, 0.1) is 11.3 Å². The van der Waals surface area contributed by atoms with Crippen molar-refractivity contribution in [3.63, 3.8) is 0 Å². The third kappa shape index (κ3) is 3.59. The Hall–Kier alpha value is -4.46. The van der Waals surface area contributed by atoms with Crippen molar-refractivity contribution >= 4 is 29.3 Å². The molecule has 3 heterocycles. The summed E-state index contributed by atoms with van der Waals surface area (Å²) >= 11 is 0. The van der Waals surface area contributed by atoms with Gasteiger partial charge in [-0.1, -0.05) is 54.6 Å². The second-order valence-electron chi connectivity index (χ2n) is 9.53. The van der Waals surface area contributed by atoms with Crippen LogP contribution in [0.3, 0.4) is 0 Å². The molecular formula is C29H26N4O4. The molecule has 0 saturated carbocycles. The minimum atomic E-state index is -0.615. The monoisotopic (exact) mass is 494 g/mol. The van der Waals surface area contributed by atoms with E-state index in [1.54, 1.807) is 46.0 Å². The minimum absolute atomic E-state index is 0.0320. The summed E-state index contributed by atoms with van der Waals surface area (Å²) in [6, 6.07) is 21.6. The number of carbonyl (C=O) groups excluding carboxylic acids is 4. The Kier molecular flexibility index (Phi) is 5.52. The lowest BCUT2D eigenvalue weighted by Gasteiger charge is -2.41. The number of para-hydroxylation sites is 1. The smallest absolute Gasteiger partial charge is 0.260 e. The van der Waals surface area contributed by atoms with Gasteiger partial charge in [-0.15, -0.1) is 0 Å². The summed E-state index contributed by atoms with van der Waals surface area (Å²) in [6.07, 6.45) is -0.143. The molecule has 2 atom stereocenters. The van der Waals surface area contributed by atoms with Gasteiger partial charge in [0.1, 0.15) is 12.2 Å². The number of hydrogen-bond acceptors (Lipinski definition) is 4. The van der Waals surface area contributed by atoms with Gasteiger partial charge in [0.25, 0.3) is 11.8 Å². The normalized spacial score (nSPS) is 19.6. The number of anilines is 1. The lowest BCUT2D eigenvalue weighted by atomic mass is 9.93. The highest BCUT2D eigenvalue weighted by molar-refractivity contribution is 6.16. The molecule has 0 unspecified atom stereocenters. The van der Waals surface area contributed by atoms with Gasteiger partial charge in [-0.2, -0.15) is 0 Å². The highest BCUT2D eigenvalue weighted by Crippen LogP contribution is 2.45. The van der Waals surface area contributed by atoms with E-state index in [-0.39, 0.29) is 36.6 Å². The van der Waals surface area contributed by atoms with Gasteiger partial charge in [0, 0.05) is 44.1 Å². The molecule has 1 N–H and O–H groups in total. The number of rotatable bonds is 4. The number of carbonyl (C=O) groups is 4. The van der Waals surface area contributed by atoms with Gasteiger partial charge in [0.2, 0.25) is 11.8 Å². The summed E-state index contributed by atoms with van der Waals surface area (Å²) in [5, 5.41) is 2.68. The van der Waals surface area contributed by atoms with Crippen LogP contribution in [0.2, 0.25) is 0 Å². The number of nitrogens with zero attached hydrogens (tertiary/aromatic N) is 3. The molecule has 0 aromatic heterocycles. The summed E-state index contributed by atoms with van der Waals surface area (Å²) in [4.78, 5) is 58.1. The summed E-state index contributed by atoms with van der Waals surface area (Å²) < 4.78 is 0. The summed E-state index contributed by atoms with van der Waals surface area (Å²) in [5.74, 6) is -0.809. The van der Waals surface area contributed by atoms with Crippen molar-refractivity contribution in [2.45, 2.75) is 31.6 Å². The summed E-state index contributed by atoms with van der Waals surface area (Å²) in [7, 11) is 1.57. The van der Waals surface area contributed by atoms with Crippen LogP contribution in [0.5, 0.6) is 0 Å². The Morgan fingerprint density at radius 2 is 1.54 bits per heavy atom. The molecule has 0 spiro atoms. The van der Waals surface area contributed by atoms with Gasteiger partial charge in [0.15, 0.2) is 0 Å². The first-order valence-electron chi connectivity index (χ1n) is 12.4. The first-order valence-corrected chi connectivity index (χ1v) is 12.4. The quantitative estimate of drug-likeness (QED) is 0.604. The standard InChI is InChI=1S/C29H26N4O4/c1-30-26(35)24-16-18-8-2-3-9-19(18)17-32(24)25(34)14-15-31-27-20-10-4-5-11-21(20)29(37)33(27)23-13-7-6-12-22(23)28(31)36/h2-13,24,27H,14-17H2,1H3,(H,30,35)/t24-,27-/m0/s1. The fraction of sp³-hybridized carbons (Fsp3) is 0.241. The molecule has 3 aromatic rings. The van der Waals surface area contributed by atoms with Gasteiger partial charge in [-0.05, 0) is 29.3 Å². The van der Waals surface area contributed by atoms with E-state index in [9.17, 15) is 19.2 Å². The summed E-state index contributed by atoms with van der Waals surface area (Å²) in [6.45, 7) is 0.453. The number of hydrogen-bond donors (Lipinski definition) is 1. The van der Waals surface area contributed by atoms with E-state index >= 15 is 0 Å². The molecular weight excluding hydrogens is 468 g/mol. The van der Waals surface area contributed by atoms with Crippen LogP contribution in [0.1, 0.15) is 50.0 Å². The first-order chi connectivity index (χ1) is 18.0. The highest BCUT2D eigenvalue weighted by Gasteiger charge is 2.47. The van der Waals surface area contributed by atoms with Gasteiger partial charge in [-0.25, -0.2) is 0 Å². The molecule has 3 aromatic carbocycles. The zero-order valence-corrected chi connectivity index (χ0v) is 20.4. The number of fused-ring (bicyclic) bond motifs is 6. The molecule has 37 heavy (non-hydrogen) atoms. The molecule has 0 radical (unpaired) electrons. The number of amides is 4. The maximum atomic E-state index is 13.6. The van der Waals surface area contributed by atoms with Crippen LogP contribution in [0.25, 0.3) is 0 Å². The minimum Gasteiger partial charge on any atom is -0.357 e. The predicted molar refractivity (Wildman–Crippen MR) is 137 cm³/mol. The van der Waals surface area contributed by atoms with Crippen LogP contribution in [-0.4, -0.2) is 53.1 Å². The van der Waals surface area contributed by atoms with Crippen molar-refractivity contribution in [2.75, 3.05) is 18.5 Å². The van der Waals surface area contributed by atoms with E-state index in [0.29, 0.717) is 29.8 Å². The molecule has 0 saturated heterocycles. The second-order valence-corrected chi connectivity index (χ2v) is 9.53. The zero-order chi connectivity index (χ0) is 25.7. The third-order valence-corrected chi connectivity index (χ3v) is 7.57. The van der Waals surface area contributed by atoms with Crippen molar-refractivity contribution in [3.8, 4) is 0 Å². The number of nitrogens with one attached hydrogen (secondary N) is 1. The fourth-order valence-corrected chi connectivity index (χ4v) is 5.75. The molecule has 3 aliphatic heterocycles. The van der Waals surface area contributed by atoms with Crippen molar-refractivity contribution in [1.29, 1.82) is 0 Å². The molecule has 6 rings (SSSR count). The van der Waals surface area contributed by atoms with E-state index in [2.05, 4.69) is 5.32 Å². The maximum Gasteiger partial charge on any atom is 0.260 e. The zero-order valence-electron chi connectivity index (χ0n) is 20.4. The Morgan fingerprint density at radius 1 is 0.865 bits per heavy atom. The topological polar surface area (TPSA) is 90.0 Å². The molecule has 0 fully saturated rings. The molecule has 3 aliphatic rings. The SMILES string of the molecule is CNC(=O)[C@@H]1Cc2ccccc2CN1C(=O)CCN1C(=O)c2ccccc2N2C(=O)c3ccccc3[C@@H]12. The van der Waals surface area contributed by atoms with E-state index in [1.807, 2.05) is 48.5 Å². The van der Waals surface area contributed by atoms with Crippen molar-refractivity contribution in [3.05, 3.63) is 101 Å². The van der Waals surface area contributed by atoms with E-state index < -0.39 is 12.2 Å². The lowest BCUT2D eigenvalue weighted by Crippen LogP contribution is -2.53. The lowest BCUT2D eigenvalue weighted by molar-refractivity contribution is -0.141. The van der Waals surface area contributed by atoms with Crippen LogP contribution in [0.15, 0.2) is 72.8 Å². The van der Waals surface area contributed by atoms with Crippen molar-refractivity contribution < 1.29 is 19.2 Å². The van der Waals surface area contributed by atoms with Crippen LogP contribution in [-0.2, 0) is 22.6 Å². The van der Waals surface area contributed by atoms with Gasteiger partial charge in [-0.3, -0.25) is 24.1 Å². The molecule has 0 bridgehead atoms. The van der Waals surface area contributed by atoms with E-state index in [4.69, 9.17) is 0 Å². The molecule has 4 amide bonds. The van der Waals surface area contributed by atoms with Gasteiger partial charge >= 0.3 is 0 Å². The fourth-order valence-electron chi connectivity index (χ4n) is 5.75. The van der Waals surface area contributed by atoms with Crippen LogP contribution >= 0.6 is 0 Å². The molecule has 8 heteroatoms. The third-order valence-electron chi connectivity index (χ3n) is 7.57. The Bertz CT molecular complexity index is 1450. The van der Waals surface area contributed by atoms with Crippen LogP contribution in [0.4, 0.5) is 5.69 Å². The van der Waals surface area contributed by atoms with Crippen LogP contribution < -0.4 is 10.2 Å². The average Bonchev–Trinajstić information content (AvgIpc) is 3.24. The van der Waals surface area contributed by atoms with Crippen molar-refractivity contribution in [2.24, 2.45) is 0 Å². The predicted octanol–water partition coefficient (Wildman–Crippen LogP) is 2.89. The maximum absolute atomic E-state index is 13.6. The molecule has 0 aliphatic carbocycles.